The van der Waals surface area contributed by atoms with Gasteiger partial charge in [-0.1, -0.05) is 11.6 Å². The second-order valence-corrected chi connectivity index (χ2v) is 4.20. The van der Waals surface area contributed by atoms with E-state index in [-0.39, 0.29) is 6.03 Å². The van der Waals surface area contributed by atoms with Crippen molar-refractivity contribution in [2.75, 3.05) is 0 Å². The van der Waals surface area contributed by atoms with Crippen molar-refractivity contribution in [3.8, 4) is 0 Å². The molecule has 0 radical (unpaired) electrons. The lowest BCUT2D eigenvalue weighted by molar-refractivity contribution is 0.243. The van der Waals surface area contributed by atoms with Gasteiger partial charge in [-0.05, 0) is 37.3 Å². The summed E-state index contributed by atoms with van der Waals surface area (Å²) in [4.78, 5) is 15.5. The molecule has 1 aliphatic rings. The minimum Gasteiger partial charge on any atom is -0.334 e. The monoisotopic (exact) mass is 231 g/mol. The third kappa shape index (κ3) is 3.90. The Bertz CT molecular complexity index is 392. The van der Waals surface area contributed by atoms with Crippen molar-refractivity contribution >= 4 is 6.03 Å². The molecule has 1 aromatic rings. The van der Waals surface area contributed by atoms with Crippen molar-refractivity contribution in [1.82, 2.24) is 15.6 Å². The van der Waals surface area contributed by atoms with Crippen LogP contribution in [0.3, 0.4) is 0 Å². The summed E-state index contributed by atoms with van der Waals surface area (Å²) in [5, 5.41) is 5.55. The first-order chi connectivity index (χ1) is 8.34. The van der Waals surface area contributed by atoms with Gasteiger partial charge in [0.15, 0.2) is 0 Å². The Morgan fingerprint density at radius 1 is 1.41 bits per heavy atom. The van der Waals surface area contributed by atoms with Crippen molar-refractivity contribution < 1.29 is 4.79 Å². The van der Waals surface area contributed by atoms with E-state index in [1.54, 1.807) is 12.4 Å². The van der Waals surface area contributed by atoms with Gasteiger partial charge in [0.25, 0.3) is 0 Å². The Balaban J connectivity index is 1.72. The highest BCUT2D eigenvalue weighted by Gasteiger charge is 2.06. The molecule has 0 bridgehead atoms. The van der Waals surface area contributed by atoms with Crippen LogP contribution in [0.25, 0.3) is 0 Å². The van der Waals surface area contributed by atoms with Crippen LogP contribution in [0.5, 0.6) is 0 Å². The number of nitrogens with zero attached hydrogens (tertiary/aromatic N) is 1. The van der Waals surface area contributed by atoms with Gasteiger partial charge in [0.1, 0.15) is 0 Å². The van der Waals surface area contributed by atoms with Crippen LogP contribution >= 0.6 is 0 Å². The molecule has 0 atom stereocenters. The van der Waals surface area contributed by atoms with Crippen LogP contribution in [0.1, 0.15) is 31.2 Å². The van der Waals surface area contributed by atoms with Crippen LogP contribution < -0.4 is 10.6 Å². The van der Waals surface area contributed by atoms with E-state index in [0.29, 0.717) is 6.54 Å². The van der Waals surface area contributed by atoms with E-state index in [4.69, 9.17) is 0 Å². The number of rotatable bonds is 3. The highest BCUT2D eigenvalue weighted by molar-refractivity contribution is 5.74. The molecule has 4 nitrogen and oxygen atoms in total. The number of urea groups is 1. The first-order valence-corrected chi connectivity index (χ1v) is 5.96. The SMILES string of the molecule is O=C(NC=C1CCCC1)NCc1cccnc1. The number of nitrogens with one attached hydrogen (secondary N) is 2. The van der Waals surface area contributed by atoms with Gasteiger partial charge in [0.05, 0.1) is 0 Å². The number of hydrogen-bond donors (Lipinski definition) is 2. The molecule has 0 saturated heterocycles. The predicted molar refractivity (Wildman–Crippen MR) is 66.2 cm³/mol. The lowest BCUT2D eigenvalue weighted by Gasteiger charge is -2.05. The standard InChI is InChI=1S/C13H17N3O/c17-13(15-9-11-4-1-2-5-11)16-10-12-6-3-7-14-8-12/h3,6-9H,1-2,4-5,10H2,(H2,15,16,17). The van der Waals surface area contributed by atoms with Crippen LogP contribution in [0, 0.1) is 0 Å². The maximum absolute atomic E-state index is 11.5. The highest BCUT2D eigenvalue weighted by atomic mass is 16.2. The fourth-order valence-electron chi connectivity index (χ4n) is 1.88. The summed E-state index contributed by atoms with van der Waals surface area (Å²) in [6.45, 7) is 0.503. The lowest BCUT2D eigenvalue weighted by atomic mass is 10.2. The van der Waals surface area contributed by atoms with E-state index < -0.39 is 0 Å². The Morgan fingerprint density at radius 2 is 2.24 bits per heavy atom. The highest BCUT2D eigenvalue weighted by Crippen LogP contribution is 2.22. The van der Waals surface area contributed by atoms with Gasteiger partial charge in [-0.25, -0.2) is 4.79 Å². The minimum absolute atomic E-state index is 0.159. The molecule has 17 heavy (non-hydrogen) atoms. The number of carbonyl (C=O) groups excluding carboxylic acids is 1. The van der Waals surface area contributed by atoms with Gasteiger partial charge in [0, 0.05) is 25.1 Å². The summed E-state index contributed by atoms with van der Waals surface area (Å²) in [7, 11) is 0. The van der Waals surface area contributed by atoms with Crippen LogP contribution in [0.4, 0.5) is 4.79 Å². The molecule has 0 aromatic carbocycles. The predicted octanol–water partition coefficient (Wildman–Crippen LogP) is 2.34. The lowest BCUT2D eigenvalue weighted by Crippen LogP contribution is -2.31. The Hall–Kier alpha value is -1.84. The zero-order valence-electron chi connectivity index (χ0n) is 9.78. The Morgan fingerprint density at radius 3 is 2.94 bits per heavy atom. The number of hydrogen-bond acceptors (Lipinski definition) is 2. The van der Waals surface area contributed by atoms with Crippen molar-refractivity contribution in [2.45, 2.75) is 32.2 Å². The van der Waals surface area contributed by atoms with Crippen molar-refractivity contribution in [2.24, 2.45) is 0 Å². The molecular formula is C13H17N3O. The van der Waals surface area contributed by atoms with Crippen molar-refractivity contribution in [3.05, 3.63) is 41.9 Å². The Labute approximate surface area is 101 Å². The molecule has 2 N–H and O–H groups in total. The van der Waals surface area contributed by atoms with E-state index in [1.807, 2.05) is 18.3 Å². The van der Waals surface area contributed by atoms with Crippen LogP contribution in [0.2, 0.25) is 0 Å². The fourth-order valence-corrected chi connectivity index (χ4v) is 1.88. The van der Waals surface area contributed by atoms with Gasteiger partial charge in [-0.15, -0.1) is 0 Å². The van der Waals surface area contributed by atoms with E-state index in [9.17, 15) is 4.79 Å². The Kier molecular flexibility index (Phi) is 4.13. The quantitative estimate of drug-likeness (QED) is 0.839. The molecule has 2 rings (SSSR count). The third-order valence-corrected chi connectivity index (χ3v) is 2.83. The zero-order valence-corrected chi connectivity index (χ0v) is 9.78. The molecule has 1 fully saturated rings. The summed E-state index contributed by atoms with van der Waals surface area (Å²) >= 11 is 0. The summed E-state index contributed by atoms with van der Waals surface area (Å²) < 4.78 is 0. The summed E-state index contributed by atoms with van der Waals surface area (Å²) in [6, 6.07) is 3.63. The number of carbonyl (C=O) groups is 1. The van der Waals surface area contributed by atoms with Crippen LogP contribution in [0.15, 0.2) is 36.3 Å². The number of amides is 2. The average Bonchev–Trinajstić information content (AvgIpc) is 2.88. The van der Waals surface area contributed by atoms with Gasteiger partial charge in [-0.2, -0.15) is 0 Å². The molecule has 1 aromatic heterocycles. The second-order valence-electron chi connectivity index (χ2n) is 4.20. The summed E-state index contributed by atoms with van der Waals surface area (Å²) in [5.41, 5.74) is 2.33. The zero-order chi connectivity index (χ0) is 11.9. The van der Waals surface area contributed by atoms with Crippen LogP contribution in [-0.2, 0) is 6.54 Å². The molecule has 4 heteroatoms. The van der Waals surface area contributed by atoms with Crippen molar-refractivity contribution in [3.63, 3.8) is 0 Å². The minimum atomic E-state index is -0.159. The number of aromatic nitrogens is 1. The molecule has 1 heterocycles. The van der Waals surface area contributed by atoms with E-state index in [0.717, 1.165) is 18.4 Å². The third-order valence-electron chi connectivity index (χ3n) is 2.83. The number of allylic oxidation sites excluding steroid dienone is 1. The summed E-state index contributed by atoms with van der Waals surface area (Å²) in [6.07, 6.45) is 10.0. The first-order valence-electron chi connectivity index (χ1n) is 5.96. The molecule has 2 amide bonds. The van der Waals surface area contributed by atoms with Gasteiger partial charge >= 0.3 is 6.03 Å². The van der Waals surface area contributed by atoms with Crippen molar-refractivity contribution in [1.29, 1.82) is 0 Å². The van der Waals surface area contributed by atoms with E-state index >= 15 is 0 Å². The summed E-state index contributed by atoms with van der Waals surface area (Å²) in [5.74, 6) is 0. The molecule has 1 saturated carbocycles. The maximum Gasteiger partial charge on any atom is 0.319 e. The molecular weight excluding hydrogens is 214 g/mol. The molecule has 0 aliphatic heterocycles. The van der Waals surface area contributed by atoms with Gasteiger partial charge in [-0.3, -0.25) is 4.98 Å². The largest absolute Gasteiger partial charge is 0.334 e. The smallest absolute Gasteiger partial charge is 0.319 e. The van der Waals surface area contributed by atoms with Gasteiger partial charge in [0.2, 0.25) is 0 Å². The molecule has 0 spiro atoms. The molecule has 90 valence electrons. The van der Waals surface area contributed by atoms with E-state index in [1.165, 1.54) is 18.4 Å². The first kappa shape index (κ1) is 11.6. The second kappa shape index (κ2) is 6.03. The van der Waals surface area contributed by atoms with Crippen LogP contribution in [-0.4, -0.2) is 11.0 Å². The normalized spacial score (nSPS) is 14.5. The molecule has 0 unspecified atom stereocenters. The number of pyridine rings is 1. The van der Waals surface area contributed by atoms with Gasteiger partial charge < -0.3 is 10.6 Å². The van der Waals surface area contributed by atoms with E-state index in [2.05, 4.69) is 15.6 Å². The topological polar surface area (TPSA) is 54.0 Å². The molecule has 1 aliphatic carbocycles. The average molecular weight is 231 g/mol. The fraction of sp³-hybridized carbons (Fsp3) is 0.385. The maximum atomic E-state index is 11.5.